The predicted molar refractivity (Wildman–Crippen MR) is 107 cm³/mol. The molecule has 1 aromatic rings. The van der Waals surface area contributed by atoms with Crippen molar-refractivity contribution in [3.63, 3.8) is 0 Å². The van der Waals surface area contributed by atoms with Crippen LogP contribution in [0.4, 0.5) is 0 Å². The molecule has 2 aliphatic rings. The highest BCUT2D eigenvalue weighted by atomic mass is 35.5. The summed E-state index contributed by atoms with van der Waals surface area (Å²) in [5.41, 5.74) is 0.667. The molecule has 0 heterocycles. The van der Waals surface area contributed by atoms with Crippen LogP contribution in [-0.4, -0.2) is 33.1 Å². The van der Waals surface area contributed by atoms with E-state index in [0.29, 0.717) is 11.1 Å². The molecule has 0 aliphatic heterocycles. The van der Waals surface area contributed by atoms with E-state index in [1.165, 1.54) is 24.3 Å². The van der Waals surface area contributed by atoms with Gasteiger partial charge in [-0.2, -0.15) is 0 Å². The summed E-state index contributed by atoms with van der Waals surface area (Å²) in [5, 5.41) is 16.9. The molecular weight excluding hydrogens is 519 g/mol. The molecule has 0 amide bonds. The van der Waals surface area contributed by atoms with E-state index in [2.05, 4.69) is 0 Å². The third-order valence-electron chi connectivity index (χ3n) is 4.40. The highest BCUT2D eigenvalue weighted by molar-refractivity contribution is 6.74. The molecule has 2 N–H and O–H groups in total. The molecule has 3 rings (SSSR count). The van der Waals surface area contributed by atoms with E-state index >= 15 is 0 Å². The standard InChI is InChI=1S/C14H7Cl9O2/c15-9-7-2-1-6(24)3-5(7)4-8-10(9,16)12(18,19)14(22,23)13(20,21)11(8,17)25/h1-4,9,24-25H. The Balaban J connectivity index is 2.42. The lowest BCUT2D eigenvalue weighted by Crippen LogP contribution is -2.75. The van der Waals surface area contributed by atoms with Gasteiger partial charge in [0.2, 0.25) is 0 Å². The van der Waals surface area contributed by atoms with E-state index in [0.717, 1.165) is 0 Å². The van der Waals surface area contributed by atoms with Gasteiger partial charge in [-0.05, 0) is 29.3 Å². The number of aliphatic hydroxyl groups is 1. The molecule has 0 radical (unpaired) electrons. The van der Waals surface area contributed by atoms with E-state index in [1.807, 2.05) is 0 Å². The highest BCUT2D eigenvalue weighted by Gasteiger charge is 2.83. The van der Waals surface area contributed by atoms with Gasteiger partial charge in [-0.3, -0.25) is 0 Å². The van der Waals surface area contributed by atoms with Crippen molar-refractivity contribution in [2.24, 2.45) is 0 Å². The van der Waals surface area contributed by atoms with Gasteiger partial charge in [0.1, 0.15) is 10.6 Å². The minimum Gasteiger partial charge on any atom is -0.508 e. The van der Waals surface area contributed by atoms with Gasteiger partial charge in [0.25, 0.3) is 0 Å². The molecule has 138 valence electrons. The average Bonchev–Trinajstić information content (AvgIpc) is 2.48. The number of phenolic OH excluding ortho intramolecular Hbond substituents is 1. The van der Waals surface area contributed by atoms with Crippen LogP contribution in [0.5, 0.6) is 5.75 Å². The van der Waals surface area contributed by atoms with Gasteiger partial charge in [-0.25, -0.2) is 0 Å². The maximum absolute atomic E-state index is 10.9. The van der Waals surface area contributed by atoms with Crippen molar-refractivity contribution < 1.29 is 10.2 Å². The number of hydrogen-bond acceptors (Lipinski definition) is 2. The van der Waals surface area contributed by atoms with Gasteiger partial charge in [-0.15, -0.1) is 23.2 Å². The van der Waals surface area contributed by atoms with Crippen LogP contribution in [0.3, 0.4) is 0 Å². The molecule has 3 unspecified atom stereocenters. The minimum atomic E-state index is -2.58. The van der Waals surface area contributed by atoms with Crippen LogP contribution < -0.4 is 0 Å². The summed E-state index contributed by atoms with van der Waals surface area (Å²) < 4.78 is -7.17. The SMILES string of the molecule is Oc1ccc2c(c1)C=C1C(O)(Cl)C(Cl)(Cl)C(Cl)(Cl)C(Cl)(Cl)C1(Cl)C2Cl. The Kier molecular flexibility index (Phi) is 4.98. The van der Waals surface area contributed by atoms with E-state index < -0.39 is 28.3 Å². The molecule has 25 heavy (non-hydrogen) atoms. The van der Waals surface area contributed by atoms with Gasteiger partial charge in [0, 0.05) is 5.57 Å². The quantitative estimate of drug-likeness (QED) is 0.379. The fraction of sp³-hybridized carbons (Fsp3) is 0.429. The predicted octanol–water partition coefficient (Wildman–Crippen LogP) is 6.51. The molecular formula is C14H7Cl9O2. The number of hydrogen-bond donors (Lipinski definition) is 2. The normalized spacial score (nSPS) is 37.7. The Hall–Kier alpha value is 1.33. The minimum absolute atomic E-state index is 0.0504. The first-order valence-corrected chi connectivity index (χ1v) is 10.0. The zero-order valence-corrected chi connectivity index (χ0v) is 18.5. The molecule has 0 spiro atoms. The Morgan fingerprint density at radius 1 is 0.840 bits per heavy atom. The summed E-state index contributed by atoms with van der Waals surface area (Å²) in [5.74, 6) is -0.0504. The van der Waals surface area contributed by atoms with Crippen molar-refractivity contribution in [2.45, 2.75) is 28.3 Å². The van der Waals surface area contributed by atoms with Crippen LogP contribution in [0.2, 0.25) is 0 Å². The maximum Gasteiger partial charge on any atom is 0.200 e. The lowest BCUT2D eigenvalue weighted by molar-refractivity contribution is 0.104. The molecule has 3 atom stereocenters. The fourth-order valence-corrected chi connectivity index (χ4v) is 6.58. The number of fused-ring (bicyclic) bond motifs is 2. The Morgan fingerprint density at radius 2 is 1.40 bits per heavy atom. The maximum atomic E-state index is 10.9. The molecule has 0 saturated heterocycles. The largest absolute Gasteiger partial charge is 0.508 e. The smallest absolute Gasteiger partial charge is 0.200 e. The zero-order chi connectivity index (χ0) is 19.2. The van der Waals surface area contributed by atoms with Crippen LogP contribution in [0.1, 0.15) is 16.5 Å². The van der Waals surface area contributed by atoms with E-state index in [-0.39, 0.29) is 11.3 Å². The van der Waals surface area contributed by atoms with Crippen LogP contribution in [-0.2, 0) is 0 Å². The molecule has 1 saturated carbocycles. The second kappa shape index (κ2) is 5.92. The lowest BCUT2D eigenvalue weighted by atomic mass is 9.71. The van der Waals surface area contributed by atoms with Crippen molar-refractivity contribution in [3.8, 4) is 5.75 Å². The van der Waals surface area contributed by atoms with Crippen molar-refractivity contribution in [3.05, 3.63) is 34.9 Å². The van der Waals surface area contributed by atoms with E-state index in [9.17, 15) is 10.2 Å². The molecule has 11 heteroatoms. The zero-order valence-electron chi connectivity index (χ0n) is 11.7. The molecule has 2 aliphatic carbocycles. The number of rotatable bonds is 0. The summed E-state index contributed by atoms with van der Waals surface area (Å²) in [7, 11) is 0. The van der Waals surface area contributed by atoms with Crippen molar-refractivity contribution >= 4 is 110 Å². The summed E-state index contributed by atoms with van der Waals surface area (Å²) in [6.45, 7) is 0. The second-order valence-corrected chi connectivity index (χ2v) is 11.4. The Labute approximate surface area is 188 Å². The van der Waals surface area contributed by atoms with Crippen molar-refractivity contribution in [1.29, 1.82) is 0 Å². The number of benzene rings is 1. The first kappa shape index (κ1) is 21.0. The third kappa shape index (κ3) is 2.37. The van der Waals surface area contributed by atoms with E-state index in [1.54, 1.807) is 0 Å². The number of alkyl halides is 9. The number of aromatic hydroxyl groups is 1. The van der Waals surface area contributed by atoms with Gasteiger partial charge < -0.3 is 10.2 Å². The molecule has 1 aromatic carbocycles. The average molecular weight is 526 g/mol. The van der Waals surface area contributed by atoms with Gasteiger partial charge in [0.15, 0.2) is 18.1 Å². The molecule has 0 aromatic heterocycles. The van der Waals surface area contributed by atoms with Crippen LogP contribution in [0.25, 0.3) is 6.08 Å². The van der Waals surface area contributed by atoms with Gasteiger partial charge in [-0.1, -0.05) is 87.3 Å². The first-order chi connectivity index (χ1) is 11.1. The highest BCUT2D eigenvalue weighted by Crippen LogP contribution is 2.75. The van der Waals surface area contributed by atoms with Crippen LogP contribution >= 0.6 is 104 Å². The molecule has 1 fully saturated rings. The number of phenols is 1. The molecule has 0 bridgehead atoms. The number of halogens is 9. The summed E-state index contributed by atoms with van der Waals surface area (Å²) >= 11 is 57.3. The second-order valence-electron chi connectivity index (χ2n) is 5.79. The van der Waals surface area contributed by atoms with Gasteiger partial charge in [0.05, 0.1) is 5.38 Å². The summed E-state index contributed by atoms with van der Waals surface area (Å²) in [6.07, 6.45) is 1.34. The van der Waals surface area contributed by atoms with Crippen LogP contribution in [0, 0.1) is 0 Å². The Morgan fingerprint density at radius 3 is 1.96 bits per heavy atom. The monoisotopic (exact) mass is 522 g/mol. The summed E-state index contributed by atoms with van der Waals surface area (Å²) in [6, 6.07) is 4.30. The van der Waals surface area contributed by atoms with Gasteiger partial charge >= 0.3 is 0 Å². The first-order valence-electron chi connectivity index (χ1n) is 6.57. The van der Waals surface area contributed by atoms with Crippen molar-refractivity contribution in [2.75, 3.05) is 0 Å². The molecule has 2 nitrogen and oxygen atoms in total. The summed E-state index contributed by atoms with van der Waals surface area (Å²) in [4.78, 5) is -1.98. The van der Waals surface area contributed by atoms with Crippen molar-refractivity contribution in [1.82, 2.24) is 0 Å². The Bertz CT molecular complexity index is 787. The van der Waals surface area contributed by atoms with E-state index in [4.69, 9.17) is 104 Å². The lowest BCUT2D eigenvalue weighted by Gasteiger charge is -2.61. The van der Waals surface area contributed by atoms with Crippen LogP contribution in [0.15, 0.2) is 23.8 Å². The topological polar surface area (TPSA) is 40.5 Å². The fourth-order valence-electron chi connectivity index (χ4n) is 3.00. The third-order valence-corrected chi connectivity index (χ3v) is 10.8.